The van der Waals surface area contributed by atoms with Gasteiger partial charge in [0.15, 0.2) is 0 Å². The zero-order valence-corrected chi connectivity index (χ0v) is 15.2. The molecule has 0 unspecified atom stereocenters. The van der Waals surface area contributed by atoms with Crippen molar-refractivity contribution in [1.29, 1.82) is 0 Å². The normalized spacial score (nSPS) is 11.2. The lowest BCUT2D eigenvalue weighted by molar-refractivity contribution is 0.108. The molecule has 3 aromatic carbocycles. The molecular weight excluding hydrogens is 312 g/mol. The van der Waals surface area contributed by atoms with Crippen molar-refractivity contribution < 1.29 is 4.79 Å². The summed E-state index contributed by atoms with van der Waals surface area (Å²) in [4.78, 5) is 15.7. The number of carbonyl (C=O) groups excluding carboxylic acids is 1. The minimum atomic E-state index is -1.07. The third-order valence-electron chi connectivity index (χ3n) is 4.12. The molecule has 0 aliphatic carbocycles. The fourth-order valence-electron chi connectivity index (χ4n) is 3.17. The van der Waals surface area contributed by atoms with Crippen LogP contribution in [0, 0.1) is 20.8 Å². The van der Waals surface area contributed by atoms with E-state index in [-0.39, 0.29) is 5.12 Å². The molecule has 0 N–H and O–H groups in total. The number of hydrogen-bond acceptors (Lipinski definition) is 1. The summed E-state index contributed by atoms with van der Waals surface area (Å²) in [5, 5.41) is 0.234. The van der Waals surface area contributed by atoms with Gasteiger partial charge in [0.2, 0.25) is 5.12 Å². The summed E-state index contributed by atoms with van der Waals surface area (Å²) >= 11 is 0. The molecular formula is C22H22OS. The largest absolute Gasteiger partial charge is 0.283 e. The lowest BCUT2D eigenvalue weighted by Crippen LogP contribution is -2.07. The third kappa shape index (κ3) is 3.29. The number of thiol groups is 1. The molecule has 0 atom stereocenters. The van der Waals surface area contributed by atoms with Crippen molar-refractivity contribution >= 4 is 16.0 Å². The van der Waals surface area contributed by atoms with E-state index in [0.29, 0.717) is 0 Å². The summed E-state index contributed by atoms with van der Waals surface area (Å²) in [5.41, 5.74) is 4.21. The van der Waals surface area contributed by atoms with Crippen LogP contribution in [0.25, 0.3) is 0 Å². The van der Waals surface area contributed by atoms with Crippen LogP contribution in [0.3, 0.4) is 0 Å². The molecule has 0 aromatic heterocycles. The zero-order chi connectivity index (χ0) is 17.1. The van der Waals surface area contributed by atoms with Crippen LogP contribution in [0.15, 0.2) is 82.6 Å². The van der Waals surface area contributed by atoms with Crippen molar-refractivity contribution in [1.82, 2.24) is 0 Å². The molecule has 2 heteroatoms. The van der Waals surface area contributed by atoms with E-state index >= 15 is 0 Å². The van der Waals surface area contributed by atoms with Gasteiger partial charge in [-0.3, -0.25) is 4.79 Å². The molecule has 0 amide bonds. The van der Waals surface area contributed by atoms with E-state index in [0.717, 1.165) is 26.5 Å². The van der Waals surface area contributed by atoms with E-state index in [2.05, 4.69) is 43.3 Å². The SMILES string of the molecule is Cc1cc(C)c(C(=O)[SH](c2ccccc2)c2ccccc2)c(C)c1. The molecule has 0 radical (unpaired) electrons. The lowest BCUT2D eigenvalue weighted by atomic mass is 10.0. The Kier molecular flexibility index (Phi) is 4.86. The van der Waals surface area contributed by atoms with Gasteiger partial charge in [0.05, 0.1) is 0 Å². The van der Waals surface area contributed by atoms with Crippen LogP contribution in [0.1, 0.15) is 27.0 Å². The van der Waals surface area contributed by atoms with E-state index < -0.39 is 10.9 Å². The molecule has 0 spiro atoms. The van der Waals surface area contributed by atoms with Crippen molar-refractivity contribution in [3.8, 4) is 0 Å². The second-order valence-corrected chi connectivity index (χ2v) is 8.20. The highest BCUT2D eigenvalue weighted by Crippen LogP contribution is 2.47. The number of rotatable bonds is 3. The molecule has 24 heavy (non-hydrogen) atoms. The second-order valence-electron chi connectivity index (χ2n) is 6.09. The highest BCUT2D eigenvalue weighted by atomic mass is 32.2. The zero-order valence-electron chi connectivity index (χ0n) is 14.3. The summed E-state index contributed by atoms with van der Waals surface area (Å²) in [6, 6.07) is 24.5. The quantitative estimate of drug-likeness (QED) is 0.593. The Labute approximate surface area is 146 Å². The van der Waals surface area contributed by atoms with Gasteiger partial charge in [-0.1, -0.05) is 54.1 Å². The molecule has 3 aromatic rings. The maximum Gasteiger partial charge on any atom is 0.208 e. The molecule has 122 valence electrons. The molecule has 0 heterocycles. The van der Waals surface area contributed by atoms with Gasteiger partial charge < -0.3 is 0 Å². The van der Waals surface area contributed by atoms with Crippen molar-refractivity contribution in [2.45, 2.75) is 30.6 Å². The molecule has 0 aliphatic rings. The smallest absolute Gasteiger partial charge is 0.208 e. The van der Waals surface area contributed by atoms with Gasteiger partial charge in [0.25, 0.3) is 0 Å². The van der Waals surface area contributed by atoms with Crippen molar-refractivity contribution in [3.05, 3.63) is 95.1 Å². The van der Waals surface area contributed by atoms with Crippen molar-refractivity contribution in [3.63, 3.8) is 0 Å². The molecule has 0 bridgehead atoms. The molecule has 1 nitrogen and oxygen atoms in total. The standard InChI is InChI=1S/C22H22OS/c1-16-14-17(2)21(18(3)15-16)22(23)24(19-10-6-4-7-11-19)20-12-8-5-9-13-20/h4-15,24H,1-3H3. The first-order chi connectivity index (χ1) is 11.6. The molecule has 0 saturated heterocycles. The van der Waals surface area contributed by atoms with Crippen LogP contribution >= 0.6 is 10.9 Å². The van der Waals surface area contributed by atoms with E-state index in [1.165, 1.54) is 5.56 Å². The van der Waals surface area contributed by atoms with Gasteiger partial charge in [-0.2, -0.15) is 0 Å². The fraction of sp³-hybridized carbons (Fsp3) is 0.136. The average Bonchev–Trinajstić information content (AvgIpc) is 2.56. The molecule has 0 aliphatic heterocycles. The minimum absolute atomic E-state index is 0.234. The first-order valence-electron chi connectivity index (χ1n) is 8.10. The Morgan fingerprint density at radius 3 is 1.54 bits per heavy atom. The maximum absolute atomic E-state index is 13.5. The third-order valence-corrected chi connectivity index (χ3v) is 6.38. The Hall–Kier alpha value is -2.32. The van der Waals surface area contributed by atoms with Crippen LogP contribution < -0.4 is 0 Å². The van der Waals surface area contributed by atoms with Gasteiger partial charge in [0.1, 0.15) is 0 Å². The van der Waals surface area contributed by atoms with Crippen LogP contribution in [0.2, 0.25) is 0 Å². The number of benzene rings is 3. The van der Waals surface area contributed by atoms with Crippen LogP contribution in [0.5, 0.6) is 0 Å². The van der Waals surface area contributed by atoms with Crippen LogP contribution in [-0.2, 0) is 0 Å². The average molecular weight is 334 g/mol. The fourth-order valence-corrected chi connectivity index (χ4v) is 5.45. The summed E-state index contributed by atoms with van der Waals surface area (Å²) in [6.45, 7) is 6.15. The first-order valence-corrected chi connectivity index (χ1v) is 9.44. The van der Waals surface area contributed by atoms with Crippen molar-refractivity contribution in [2.24, 2.45) is 0 Å². The highest BCUT2D eigenvalue weighted by molar-refractivity contribution is 8.30. The molecule has 0 saturated carbocycles. The van der Waals surface area contributed by atoms with Gasteiger partial charge in [-0.25, -0.2) is 0 Å². The van der Waals surface area contributed by atoms with E-state index in [4.69, 9.17) is 0 Å². The Bertz CT molecular complexity index is 791. The van der Waals surface area contributed by atoms with E-state index in [9.17, 15) is 4.79 Å². The minimum Gasteiger partial charge on any atom is -0.283 e. The Morgan fingerprint density at radius 2 is 1.12 bits per heavy atom. The monoisotopic (exact) mass is 334 g/mol. The first kappa shape index (κ1) is 16.5. The predicted molar refractivity (Wildman–Crippen MR) is 103 cm³/mol. The number of hydrogen-bond donors (Lipinski definition) is 1. The predicted octanol–water partition coefficient (Wildman–Crippen LogP) is 5.87. The van der Waals surface area contributed by atoms with Gasteiger partial charge >= 0.3 is 0 Å². The summed E-state index contributed by atoms with van der Waals surface area (Å²) in [7, 11) is -1.07. The lowest BCUT2D eigenvalue weighted by Gasteiger charge is -2.23. The van der Waals surface area contributed by atoms with Crippen molar-refractivity contribution in [2.75, 3.05) is 0 Å². The van der Waals surface area contributed by atoms with Gasteiger partial charge in [0, 0.05) is 5.56 Å². The van der Waals surface area contributed by atoms with Crippen LogP contribution in [-0.4, -0.2) is 5.12 Å². The topological polar surface area (TPSA) is 17.1 Å². The van der Waals surface area contributed by atoms with E-state index in [1.807, 2.05) is 50.2 Å². The second kappa shape index (κ2) is 7.06. The summed E-state index contributed by atoms with van der Waals surface area (Å²) in [5.74, 6) is 0. The molecule has 3 rings (SSSR count). The molecule has 0 fully saturated rings. The maximum atomic E-state index is 13.5. The summed E-state index contributed by atoms with van der Waals surface area (Å²) < 4.78 is 0. The summed E-state index contributed by atoms with van der Waals surface area (Å²) in [6.07, 6.45) is 0. The number of aryl methyl sites for hydroxylation is 3. The number of carbonyl (C=O) groups is 1. The van der Waals surface area contributed by atoms with Crippen LogP contribution in [0.4, 0.5) is 0 Å². The Morgan fingerprint density at radius 1 is 0.708 bits per heavy atom. The van der Waals surface area contributed by atoms with Gasteiger partial charge in [-0.15, -0.1) is 10.9 Å². The van der Waals surface area contributed by atoms with E-state index in [1.54, 1.807) is 0 Å². The van der Waals surface area contributed by atoms with Gasteiger partial charge in [-0.05, 0) is 66.0 Å². The Balaban J connectivity index is 2.15. The highest BCUT2D eigenvalue weighted by Gasteiger charge is 2.23.